The smallest absolute Gasteiger partial charge is 0.271 e. The highest BCUT2D eigenvalue weighted by Crippen LogP contribution is 2.32. The van der Waals surface area contributed by atoms with E-state index in [9.17, 15) is 4.79 Å². The molecule has 0 saturated carbocycles. The Bertz CT molecular complexity index is 604. The summed E-state index contributed by atoms with van der Waals surface area (Å²) in [6, 6.07) is 5.09. The van der Waals surface area contributed by atoms with Gasteiger partial charge in [0.05, 0.1) is 0 Å². The fourth-order valence-corrected chi connectivity index (χ4v) is 2.21. The Balaban J connectivity index is 1.74. The number of hydrazone groups is 1. The van der Waals surface area contributed by atoms with Crippen LogP contribution in [-0.2, 0) is 0 Å². The van der Waals surface area contributed by atoms with Crippen molar-refractivity contribution in [2.75, 3.05) is 6.79 Å². The van der Waals surface area contributed by atoms with Crippen LogP contribution in [0, 0.1) is 5.92 Å². The molecule has 1 N–H and O–H groups in total. The lowest BCUT2D eigenvalue weighted by molar-refractivity contribution is 0.0954. The summed E-state index contributed by atoms with van der Waals surface area (Å²) in [6.07, 6.45) is 7.05. The largest absolute Gasteiger partial charge is 0.454 e. The average Bonchev–Trinajstić information content (AvgIpc) is 2.98. The lowest BCUT2D eigenvalue weighted by Crippen LogP contribution is -2.17. The first kappa shape index (κ1) is 17.1. The van der Waals surface area contributed by atoms with Gasteiger partial charge in [-0.05, 0) is 57.2 Å². The molecule has 0 bridgehead atoms. The number of carbonyl (C=O) groups excluding carboxylic acids is 1. The normalized spacial score (nSPS) is 13.9. The van der Waals surface area contributed by atoms with Crippen molar-refractivity contribution in [1.29, 1.82) is 0 Å². The number of benzene rings is 1. The van der Waals surface area contributed by atoms with Crippen LogP contribution >= 0.6 is 0 Å². The van der Waals surface area contributed by atoms with Crippen molar-refractivity contribution >= 4 is 12.1 Å². The highest BCUT2D eigenvalue weighted by Gasteiger charge is 2.15. The van der Waals surface area contributed by atoms with Gasteiger partial charge in [-0.15, -0.1) is 0 Å². The molecule has 5 nitrogen and oxygen atoms in total. The van der Waals surface area contributed by atoms with Gasteiger partial charge in [-0.1, -0.05) is 18.6 Å². The predicted octanol–water partition coefficient (Wildman–Crippen LogP) is 3.90. The molecule has 0 unspecified atom stereocenters. The van der Waals surface area contributed by atoms with Gasteiger partial charge in [0.25, 0.3) is 5.91 Å². The van der Waals surface area contributed by atoms with Gasteiger partial charge in [0.2, 0.25) is 6.79 Å². The van der Waals surface area contributed by atoms with Crippen LogP contribution in [0.3, 0.4) is 0 Å². The van der Waals surface area contributed by atoms with Gasteiger partial charge in [0.1, 0.15) is 0 Å². The van der Waals surface area contributed by atoms with Crippen LogP contribution in [0.15, 0.2) is 34.9 Å². The summed E-state index contributed by atoms with van der Waals surface area (Å²) >= 11 is 0. The summed E-state index contributed by atoms with van der Waals surface area (Å²) in [6.45, 7) is 6.60. The topological polar surface area (TPSA) is 59.9 Å². The molecule has 0 aromatic heterocycles. The van der Waals surface area contributed by atoms with Gasteiger partial charge in [0.15, 0.2) is 11.5 Å². The van der Waals surface area contributed by atoms with E-state index in [-0.39, 0.29) is 12.7 Å². The molecule has 2 rings (SSSR count). The van der Waals surface area contributed by atoms with Crippen LogP contribution in [0.5, 0.6) is 11.5 Å². The Kier molecular flexibility index (Phi) is 6.20. The first-order valence-corrected chi connectivity index (χ1v) is 7.91. The molecule has 1 aliphatic rings. The molecule has 0 fully saturated rings. The third-order valence-electron chi connectivity index (χ3n) is 3.61. The molecular formula is C18H24N2O3. The first-order valence-electron chi connectivity index (χ1n) is 7.91. The summed E-state index contributed by atoms with van der Waals surface area (Å²) in [7, 11) is 0. The molecule has 1 amide bonds. The van der Waals surface area contributed by atoms with E-state index >= 15 is 0 Å². The van der Waals surface area contributed by atoms with Gasteiger partial charge in [-0.2, -0.15) is 5.10 Å². The zero-order chi connectivity index (χ0) is 16.7. The van der Waals surface area contributed by atoms with E-state index < -0.39 is 0 Å². The van der Waals surface area contributed by atoms with E-state index in [1.807, 2.05) is 0 Å². The van der Waals surface area contributed by atoms with E-state index in [2.05, 4.69) is 37.4 Å². The van der Waals surface area contributed by atoms with Crippen molar-refractivity contribution in [2.24, 2.45) is 11.0 Å². The summed E-state index contributed by atoms with van der Waals surface area (Å²) in [4.78, 5) is 12.0. The van der Waals surface area contributed by atoms with Crippen molar-refractivity contribution in [1.82, 2.24) is 5.43 Å². The number of nitrogens with zero attached hydrogens (tertiary/aromatic N) is 1. The molecule has 1 aromatic carbocycles. The van der Waals surface area contributed by atoms with E-state index in [1.54, 1.807) is 24.4 Å². The maximum absolute atomic E-state index is 12.0. The minimum Gasteiger partial charge on any atom is -0.454 e. The second-order valence-corrected chi connectivity index (χ2v) is 6.02. The van der Waals surface area contributed by atoms with E-state index in [4.69, 9.17) is 9.47 Å². The maximum Gasteiger partial charge on any atom is 0.271 e. The standard InChI is InChI=1S/C18H24N2O3/c1-13(2)5-4-6-14(3)9-10-19-20-18(21)15-7-8-16-17(11-15)23-12-22-16/h5,7-8,10-11,14H,4,6,9,12H2,1-3H3,(H,20,21)/b19-10-/t14-/m0/s1. The van der Waals surface area contributed by atoms with Crippen molar-refractivity contribution < 1.29 is 14.3 Å². The van der Waals surface area contributed by atoms with E-state index in [0.29, 0.717) is 23.0 Å². The summed E-state index contributed by atoms with van der Waals surface area (Å²) < 4.78 is 10.5. The number of nitrogens with one attached hydrogen (secondary N) is 1. The summed E-state index contributed by atoms with van der Waals surface area (Å²) in [5.41, 5.74) is 4.39. The minimum atomic E-state index is -0.253. The Morgan fingerprint density at radius 1 is 1.35 bits per heavy atom. The van der Waals surface area contributed by atoms with Crippen LogP contribution in [0.4, 0.5) is 0 Å². The molecule has 23 heavy (non-hydrogen) atoms. The monoisotopic (exact) mass is 316 g/mol. The van der Waals surface area contributed by atoms with E-state index in [1.165, 1.54) is 5.57 Å². The lowest BCUT2D eigenvalue weighted by Gasteiger charge is -2.06. The quantitative estimate of drug-likeness (QED) is 0.471. The molecule has 0 spiro atoms. The van der Waals surface area contributed by atoms with Crippen LogP contribution in [0.1, 0.15) is 50.4 Å². The highest BCUT2D eigenvalue weighted by atomic mass is 16.7. The second kappa shape index (κ2) is 8.36. The van der Waals surface area contributed by atoms with Gasteiger partial charge >= 0.3 is 0 Å². The highest BCUT2D eigenvalue weighted by molar-refractivity contribution is 5.95. The van der Waals surface area contributed by atoms with Crippen molar-refractivity contribution in [2.45, 2.75) is 40.0 Å². The first-order chi connectivity index (χ1) is 11.1. The second-order valence-electron chi connectivity index (χ2n) is 6.02. The van der Waals surface area contributed by atoms with Crippen LogP contribution < -0.4 is 14.9 Å². The fraction of sp³-hybridized carbons (Fsp3) is 0.444. The Hall–Kier alpha value is -2.30. The molecule has 5 heteroatoms. The Morgan fingerprint density at radius 3 is 2.91 bits per heavy atom. The van der Waals surface area contributed by atoms with Crippen LogP contribution in [0.2, 0.25) is 0 Å². The average molecular weight is 316 g/mol. The maximum atomic E-state index is 12.0. The van der Waals surface area contributed by atoms with Gasteiger partial charge in [-0.25, -0.2) is 5.43 Å². The number of hydrogen-bond donors (Lipinski definition) is 1. The molecule has 1 aliphatic heterocycles. The molecule has 0 aliphatic carbocycles. The van der Waals surface area contributed by atoms with Gasteiger partial charge < -0.3 is 9.47 Å². The number of allylic oxidation sites excluding steroid dienone is 2. The lowest BCUT2D eigenvalue weighted by atomic mass is 10.0. The molecule has 1 aromatic rings. The number of fused-ring (bicyclic) bond motifs is 1. The zero-order valence-corrected chi connectivity index (χ0v) is 14.0. The molecule has 1 atom stereocenters. The number of hydrogen-bond acceptors (Lipinski definition) is 4. The Morgan fingerprint density at radius 2 is 2.13 bits per heavy atom. The third-order valence-corrected chi connectivity index (χ3v) is 3.61. The number of amides is 1. The van der Waals surface area contributed by atoms with Crippen molar-refractivity contribution in [3.05, 3.63) is 35.4 Å². The summed E-state index contributed by atoms with van der Waals surface area (Å²) in [5, 5.41) is 4.01. The number of rotatable bonds is 7. The molecular weight excluding hydrogens is 292 g/mol. The molecule has 124 valence electrons. The SMILES string of the molecule is CC(C)=CCC[C@H](C)C/C=N\NC(=O)c1ccc2c(c1)OCO2. The van der Waals surface area contributed by atoms with Gasteiger partial charge in [-0.3, -0.25) is 4.79 Å². The number of ether oxygens (including phenoxy) is 2. The summed E-state index contributed by atoms with van der Waals surface area (Å²) in [5.74, 6) is 1.54. The third kappa shape index (κ3) is 5.43. The zero-order valence-electron chi connectivity index (χ0n) is 14.0. The molecule has 0 radical (unpaired) electrons. The number of carbonyl (C=O) groups is 1. The molecule has 1 heterocycles. The molecule has 0 saturated heterocycles. The van der Waals surface area contributed by atoms with Gasteiger partial charge in [0, 0.05) is 11.8 Å². The van der Waals surface area contributed by atoms with Crippen LogP contribution in [-0.4, -0.2) is 18.9 Å². The fourth-order valence-electron chi connectivity index (χ4n) is 2.21. The van der Waals surface area contributed by atoms with Crippen LogP contribution in [0.25, 0.3) is 0 Å². The minimum absolute atomic E-state index is 0.198. The van der Waals surface area contributed by atoms with Crippen molar-refractivity contribution in [3.8, 4) is 11.5 Å². The van der Waals surface area contributed by atoms with Crippen molar-refractivity contribution in [3.63, 3.8) is 0 Å². The Labute approximate surface area is 137 Å². The van der Waals surface area contributed by atoms with E-state index in [0.717, 1.165) is 19.3 Å². The predicted molar refractivity (Wildman–Crippen MR) is 91.0 cm³/mol.